The van der Waals surface area contributed by atoms with Gasteiger partial charge < -0.3 is 21.5 Å². The van der Waals surface area contributed by atoms with Crippen LogP contribution in [-0.4, -0.2) is 34.4 Å². The van der Waals surface area contributed by atoms with Gasteiger partial charge in [-0.1, -0.05) is 6.07 Å². The van der Waals surface area contributed by atoms with Crippen molar-refractivity contribution in [1.82, 2.24) is 14.5 Å². The molecule has 180 valence electrons. The van der Waals surface area contributed by atoms with E-state index >= 15 is 0 Å². The minimum atomic E-state index is -4.46. The lowest BCUT2D eigenvalue weighted by Gasteiger charge is -2.15. The minimum absolute atomic E-state index is 0.140. The number of hydrogen-bond acceptors (Lipinski definition) is 7. The molecule has 8 nitrogen and oxygen atoms in total. The van der Waals surface area contributed by atoms with E-state index in [1.807, 2.05) is 0 Å². The van der Waals surface area contributed by atoms with Crippen molar-refractivity contribution in [3.05, 3.63) is 76.8 Å². The summed E-state index contributed by atoms with van der Waals surface area (Å²) in [5.41, 5.74) is 13.7. The van der Waals surface area contributed by atoms with Crippen LogP contribution < -0.4 is 27.1 Å². The summed E-state index contributed by atoms with van der Waals surface area (Å²) in [5, 5.41) is 2.60. The van der Waals surface area contributed by atoms with Crippen molar-refractivity contribution in [2.75, 3.05) is 24.7 Å². The maximum atomic E-state index is 13.7. The molecule has 0 aliphatic carbocycles. The zero-order valence-electron chi connectivity index (χ0n) is 18.5. The van der Waals surface area contributed by atoms with E-state index in [4.69, 9.17) is 16.2 Å². The molecule has 0 saturated heterocycles. The molecule has 0 radical (unpaired) electrons. The van der Waals surface area contributed by atoms with E-state index in [9.17, 15) is 18.0 Å². The van der Waals surface area contributed by atoms with Gasteiger partial charge in [0.15, 0.2) is 5.65 Å². The average molecular weight is 482 g/mol. The van der Waals surface area contributed by atoms with Gasteiger partial charge in [-0.15, -0.1) is 0 Å². The quantitative estimate of drug-likeness (QED) is 0.356. The van der Waals surface area contributed by atoms with Crippen molar-refractivity contribution in [2.45, 2.75) is 6.18 Å². The van der Waals surface area contributed by atoms with E-state index in [2.05, 4.69) is 15.3 Å². The van der Waals surface area contributed by atoms with E-state index in [1.165, 1.54) is 24.1 Å². The van der Waals surface area contributed by atoms with Crippen LogP contribution in [0.5, 0.6) is 5.75 Å². The van der Waals surface area contributed by atoms with Gasteiger partial charge in [0.25, 0.3) is 5.56 Å². The third-order valence-electron chi connectivity index (χ3n) is 5.19. The molecule has 0 aliphatic rings. The fourth-order valence-corrected chi connectivity index (χ4v) is 3.53. The number of methoxy groups -OCH3 is 1. The highest BCUT2D eigenvalue weighted by molar-refractivity contribution is 5.84. The summed E-state index contributed by atoms with van der Waals surface area (Å²) in [5.74, 6) is 0.313. The Balaban J connectivity index is 1.95. The molecular formula is C24H21F3N6O2. The standard InChI is InChI=1S/C24H21F3N6O2/c1-35-18-5-3-17(4-6-18)33-21-16(12-30-23(32-21)31-13-24(25,26)27)11-19(22(33)34)14-2-7-20(29)15(10-14)8-9-28/h2-12H,13,28-29H2,1H3,(H,30,31,32)/b9-8-. The molecule has 0 bridgehead atoms. The van der Waals surface area contributed by atoms with Gasteiger partial charge in [-0.25, -0.2) is 4.98 Å². The van der Waals surface area contributed by atoms with Gasteiger partial charge in [-0.3, -0.25) is 9.36 Å². The number of nitrogens with zero attached hydrogens (tertiary/aromatic N) is 3. The van der Waals surface area contributed by atoms with E-state index in [-0.39, 0.29) is 11.6 Å². The summed E-state index contributed by atoms with van der Waals surface area (Å²) >= 11 is 0. The Morgan fingerprint density at radius 1 is 1.14 bits per heavy atom. The maximum absolute atomic E-state index is 13.7. The second-order valence-corrected chi connectivity index (χ2v) is 7.54. The number of aromatic nitrogens is 3. The molecule has 5 N–H and O–H groups in total. The molecule has 2 heterocycles. The van der Waals surface area contributed by atoms with Crippen molar-refractivity contribution in [3.8, 4) is 22.6 Å². The highest BCUT2D eigenvalue weighted by atomic mass is 19.4. The molecule has 11 heteroatoms. The van der Waals surface area contributed by atoms with Gasteiger partial charge in [0.05, 0.1) is 12.8 Å². The summed E-state index contributed by atoms with van der Waals surface area (Å²) in [7, 11) is 1.51. The summed E-state index contributed by atoms with van der Waals surface area (Å²) in [6.45, 7) is -1.31. The number of benzene rings is 2. The molecule has 0 unspecified atom stereocenters. The Hall–Kier alpha value is -4.54. The van der Waals surface area contributed by atoms with Gasteiger partial charge in [0, 0.05) is 22.8 Å². The highest BCUT2D eigenvalue weighted by Crippen LogP contribution is 2.27. The van der Waals surface area contributed by atoms with Crippen LogP contribution in [0.2, 0.25) is 0 Å². The molecule has 0 spiro atoms. The third kappa shape index (κ3) is 5.03. The lowest BCUT2D eigenvalue weighted by atomic mass is 10.0. The normalized spacial score (nSPS) is 11.8. The Labute approximate surface area is 197 Å². The van der Waals surface area contributed by atoms with Crippen molar-refractivity contribution < 1.29 is 17.9 Å². The van der Waals surface area contributed by atoms with Crippen LogP contribution in [0.25, 0.3) is 33.9 Å². The zero-order chi connectivity index (χ0) is 25.2. The molecule has 0 fully saturated rings. The van der Waals surface area contributed by atoms with E-state index in [0.717, 1.165) is 0 Å². The number of pyridine rings is 1. The van der Waals surface area contributed by atoms with Gasteiger partial charge >= 0.3 is 6.18 Å². The number of halogens is 3. The molecule has 0 atom stereocenters. The Morgan fingerprint density at radius 3 is 2.54 bits per heavy atom. The molecule has 2 aromatic heterocycles. The Kier molecular flexibility index (Phi) is 6.32. The number of nitrogens with one attached hydrogen (secondary N) is 1. The fraction of sp³-hybridized carbons (Fsp3) is 0.125. The molecule has 35 heavy (non-hydrogen) atoms. The molecular weight excluding hydrogens is 461 g/mol. The van der Waals surface area contributed by atoms with Crippen molar-refractivity contribution in [1.29, 1.82) is 0 Å². The lowest BCUT2D eigenvalue weighted by molar-refractivity contribution is -0.115. The Bertz CT molecular complexity index is 1460. The number of nitrogens with two attached hydrogens (primary N) is 2. The second kappa shape index (κ2) is 9.37. The SMILES string of the molecule is COc1ccc(-n2c(=O)c(-c3ccc(N)c(/C=C\N)c3)cc3cnc(NCC(F)(F)F)nc32)cc1. The molecule has 0 aliphatic heterocycles. The van der Waals surface area contributed by atoms with Crippen LogP contribution in [-0.2, 0) is 0 Å². The lowest BCUT2D eigenvalue weighted by Crippen LogP contribution is -2.24. The maximum Gasteiger partial charge on any atom is 0.405 e. The first kappa shape index (κ1) is 23.6. The zero-order valence-corrected chi connectivity index (χ0v) is 18.5. The molecule has 0 saturated carbocycles. The largest absolute Gasteiger partial charge is 0.497 e. The van der Waals surface area contributed by atoms with Crippen molar-refractivity contribution in [3.63, 3.8) is 0 Å². The predicted molar refractivity (Wildman–Crippen MR) is 129 cm³/mol. The first-order chi connectivity index (χ1) is 16.7. The number of nitrogen functional groups attached to an aromatic ring is 1. The molecule has 0 amide bonds. The van der Waals surface area contributed by atoms with Crippen molar-refractivity contribution in [2.24, 2.45) is 5.73 Å². The summed E-state index contributed by atoms with van der Waals surface area (Å²) in [4.78, 5) is 21.9. The van der Waals surface area contributed by atoms with Gasteiger partial charge in [0.1, 0.15) is 12.3 Å². The summed E-state index contributed by atoms with van der Waals surface area (Å²) in [6.07, 6.45) is -0.136. The number of fused-ring (bicyclic) bond motifs is 1. The van der Waals surface area contributed by atoms with E-state index < -0.39 is 18.3 Å². The van der Waals surface area contributed by atoms with Crippen LogP contribution in [0.4, 0.5) is 24.8 Å². The molecule has 2 aromatic carbocycles. The second-order valence-electron chi connectivity index (χ2n) is 7.54. The van der Waals surface area contributed by atoms with Gasteiger partial charge in [-0.2, -0.15) is 18.2 Å². The van der Waals surface area contributed by atoms with Gasteiger partial charge in [-0.05, 0) is 65.9 Å². The number of anilines is 2. The average Bonchev–Trinajstić information content (AvgIpc) is 2.83. The summed E-state index contributed by atoms with van der Waals surface area (Å²) in [6, 6.07) is 13.3. The first-order valence-electron chi connectivity index (χ1n) is 10.4. The third-order valence-corrected chi connectivity index (χ3v) is 5.19. The number of hydrogen-bond donors (Lipinski definition) is 3. The Morgan fingerprint density at radius 2 is 1.89 bits per heavy atom. The summed E-state index contributed by atoms with van der Waals surface area (Å²) < 4.78 is 44.6. The van der Waals surface area contributed by atoms with E-state index in [0.29, 0.717) is 39.2 Å². The van der Waals surface area contributed by atoms with Crippen LogP contribution in [0.1, 0.15) is 5.56 Å². The predicted octanol–water partition coefficient (Wildman–Crippen LogP) is 3.94. The highest BCUT2D eigenvalue weighted by Gasteiger charge is 2.27. The van der Waals surface area contributed by atoms with Crippen LogP contribution >= 0.6 is 0 Å². The first-order valence-corrected chi connectivity index (χ1v) is 10.4. The molecule has 4 rings (SSSR count). The fourth-order valence-electron chi connectivity index (χ4n) is 3.53. The van der Waals surface area contributed by atoms with Crippen molar-refractivity contribution >= 4 is 28.7 Å². The van der Waals surface area contributed by atoms with Gasteiger partial charge in [0.2, 0.25) is 5.95 Å². The smallest absolute Gasteiger partial charge is 0.405 e. The van der Waals surface area contributed by atoms with Crippen LogP contribution in [0.3, 0.4) is 0 Å². The monoisotopic (exact) mass is 482 g/mol. The number of alkyl halides is 3. The molecule has 4 aromatic rings. The minimum Gasteiger partial charge on any atom is -0.497 e. The van der Waals surface area contributed by atoms with E-state index in [1.54, 1.807) is 54.6 Å². The van der Waals surface area contributed by atoms with Crippen LogP contribution in [0.15, 0.2) is 65.7 Å². The number of rotatable bonds is 6. The number of ether oxygens (including phenoxy) is 1. The topological polar surface area (TPSA) is 121 Å². The van der Waals surface area contributed by atoms with Crippen LogP contribution in [0, 0.1) is 0 Å².